The van der Waals surface area contributed by atoms with Crippen molar-refractivity contribution in [3.8, 4) is 0 Å². The standard InChI is InChI=1S/C14H22N4O2S/c1-3-15-14(18-12-6-8-21(19,20)10-12)17-9-13-11(2)5-4-7-16-13/h4-5,7,12H,3,6,8-10H2,1-2H3,(H2,15,17,18). The molecule has 1 unspecified atom stereocenters. The summed E-state index contributed by atoms with van der Waals surface area (Å²) in [5, 5.41) is 6.34. The Labute approximate surface area is 126 Å². The topological polar surface area (TPSA) is 83.4 Å². The van der Waals surface area contributed by atoms with Crippen LogP contribution in [0.2, 0.25) is 0 Å². The Bertz CT molecular complexity index is 613. The zero-order valence-corrected chi connectivity index (χ0v) is 13.3. The number of aromatic nitrogens is 1. The zero-order chi connectivity index (χ0) is 15.3. The number of hydrogen-bond acceptors (Lipinski definition) is 4. The van der Waals surface area contributed by atoms with Crippen LogP contribution < -0.4 is 10.6 Å². The summed E-state index contributed by atoms with van der Waals surface area (Å²) in [5.41, 5.74) is 2.02. The Morgan fingerprint density at radius 1 is 1.52 bits per heavy atom. The van der Waals surface area contributed by atoms with Crippen LogP contribution in [0.25, 0.3) is 0 Å². The molecule has 6 nitrogen and oxygen atoms in total. The van der Waals surface area contributed by atoms with E-state index in [1.165, 1.54) is 0 Å². The highest BCUT2D eigenvalue weighted by molar-refractivity contribution is 7.91. The average molecular weight is 310 g/mol. The molecule has 116 valence electrons. The van der Waals surface area contributed by atoms with E-state index in [1.807, 2.05) is 26.0 Å². The number of nitrogens with one attached hydrogen (secondary N) is 2. The molecule has 7 heteroatoms. The number of aryl methyl sites for hydroxylation is 1. The molecule has 0 aliphatic carbocycles. The van der Waals surface area contributed by atoms with Crippen LogP contribution in [-0.4, -0.2) is 43.5 Å². The van der Waals surface area contributed by atoms with E-state index in [9.17, 15) is 8.42 Å². The summed E-state index contributed by atoms with van der Waals surface area (Å²) in [6, 6.07) is 3.84. The molecule has 0 radical (unpaired) electrons. The molecule has 1 aromatic heterocycles. The molecule has 2 rings (SSSR count). The van der Waals surface area contributed by atoms with Gasteiger partial charge in [-0.15, -0.1) is 0 Å². The molecular formula is C14H22N4O2S. The Balaban J connectivity index is 2.01. The maximum Gasteiger partial charge on any atom is 0.191 e. The summed E-state index contributed by atoms with van der Waals surface area (Å²) in [7, 11) is -2.89. The van der Waals surface area contributed by atoms with Gasteiger partial charge in [0.25, 0.3) is 0 Å². The maximum absolute atomic E-state index is 11.5. The first-order chi connectivity index (χ1) is 10.00. The van der Waals surface area contributed by atoms with Gasteiger partial charge in [0.1, 0.15) is 0 Å². The Morgan fingerprint density at radius 2 is 2.33 bits per heavy atom. The number of pyridine rings is 1. The van der Waals surface area contributed by atoms with Crippen molar-refractivity contribution in [2.45, 2.75) is 32.9 Å². The fourth-order valence-electron chi connectivity index (χ4n) is 2.26. The second kappa shape index (κ2) is 6.89. The number of guanidine groups is 1. The fourth-order valence-corrected chi connectivity index (χ4v) is 3.93. The van der Waals surface area contributed by atoms with E-state index in [1.54, 1.807) is 6.20 Å². The minimum Gasteiger partial charge on any atom is -0.357 e. The van der Waals surface area contributed by atoms with Gasteiger partial charge in [0.05, 0.1) is 23.7 Å². The molecule has 2 N–H and O–H groups in total. The molecule has 1 aliphatic heterocycles. The highest BCUT2D eigenvalue weighted by Gasteiger charge is 2.28. The van der Waals surface area contributed by atoms with Gasteiger partial charge in [0.15, 0.2) is 15.8 Å². The molecule has 1 aromatic rings. The first kappa shape index (κ1) is 15.8. The summed E-state index contributed by atoms with van der Waals surface area (Å²) in [5.74, 6) is 1.08. The monoisotopic (exact) mass is 310 g/mol. The van der Waals surface area contributed by atoms with E-state index >= 15 is 0 Å². The molecule has 0 amide bonds. The van der Waals surface area contributed by atoms with Crippen LogP contribution in [0.4, 0.5) is 0 Å². The van der Waals surface area contributed by atoms with E-state index in [-0.39, 0.29) is 17.5 Å². The van der Waals surface area contributed by atoms with Gasteiger partial charge in [-0.2, -0.15) is 0 Å². The van der Waals surface area contributed by atoms with Crippen molar-refractivity contribution in [1.82, 2.24) is 15.6 Å². The van der Waals surface area contributed by atoms with E-state index in [2.05, 4.69) is 20.6 Å². The third kappa shape index (κ3) is 4.70. The highest BCUT2D eigenvalue weighted by atomic mass is 32.2. The smallest absolute Gasteiger partial charge is 0.191 e. The predicted molar refractivity (Wildman–Crippen MR) is 84.0 cm³/mol. The van der Waals surface area contributed by atoms with Crippen LogP contribution in [0, 0.1) is 6.92 Å². The molecule has 1 atom stereocenters. The summed E-state index contributed by atoms with van der Waals surface area (Å²) in [6.45, 7) is 5.18. The van der Waals surface area contributed by atoms with Gasteiger partial charge in [0, 0.05) is 18.8 Å². The summed E-state index contributed by atoms with van der Waals surface area (Å²) in [4.78, 5) is 8.80. The van der Waals surface area contributed by atoms with Crippen molar-refractivity contribution < 1.29 is 8.42 Å². The first-order valence-electron chi connectivity index (χ1n) is 7.16. The molecule has 2 heterocycles. The highest BCUT2D eigenvalue weighted by Crippen LogP contribution is 2.11. The van der Waals surface area contributed by atoms with Crippen molar-refractivity contribution >= 4 is 15.8 Å². The van der Waals surface area contributed by atoms with Crippen LogP contribution in [0.5, 0.6) is 0 Å². The largest absolute Gasteiger partial charge is 0.357 e. The van der Waals surface area contributed by atoms with Crippen molar-refractivity contribution in [2.24, 2.45) is 4.99 Å². The van der Waals surface area contributed by atoms with Crippen molar-refractivity contribution in [3.05, 3.63) is 29.6 Å². The Hall–Kier alpha value is -1.63. The van der Waals surface area contributed by atoms with Gasteiger partial charge in [-0.1, -0.05) is 6.07 Å². The van der Waals surface area contributed by atoms with Crippen LogP contribution in [0.1, 0.15) is 24.6 Å². The number of rotatable bonds is 4. The molecule has 21 heavy (non-hydrogen) atoms. The quantitative estimate of drug-likeness (QED) is 0.629. The number of hydrogen-bond donors (Lipinski definition) is 2. The Morgan fingerprint density at radius 3 is 2.95 bits per heavy atom. The Kier molecular flexibility index (Phi) is 5.17. The molecule has 1 saturated heterocycles. The predicted octanol–water partition coefficient (Wildman–Crippen LogP) is 0.632. The number of nitrogens with zero attached hydrogens (tertiary/aromatic N) is 2. The lowest BCUT2D eigenvalue weighted by Gasteiger charge is -2.15. The summed E-state index contributed by atoms with van der Waals surface area (Å²) >= 11 is 0. The van der Waals surface area contributed by atoms with E-state index in [4.69, 9.17) is 0 Å². The number of sulfone groups is 1. The third-order valence-electron chi connectivity index (χ3n) is 3.42. The van der Waals surface area contributed by atoms with Gasteiger partial charge in [-0.3, -0.25) is 4.98 Å². The number of aliphatic imine (C=N–C) groups is 1. The maximum atomic E-state index is 11.5. The molecular weight excluding hydrogens is 288 g/mol. The SMILES string of the molecule is CCNC(=NCc1ncccc1C)NC1CCS(=O)(=O)C1. The normalized spacial score (nSPS) is 21.2. The molecule has 0 bridgehead atoms. The fraction of sp³-hybridized carbons (Fsp3) is 0.571. The van der Waals surface area contributed by atoms with Gasteiger partial charge >= 0.3 is 0 Å². The van der Waals surface area contributed by atoms with Gasteiger partial charge < -0.3 is 10.6 Å². The summed E-state index contributed by atoms with van der Waals surface area (Å²) < 4.78 is 23.0. The third-order valence-corrected chi connectivity index (χ3v) is 5.19. The molecule has 1 fully saturated rings. The second-order valence-corrected chi connectivity index (χ2v) is 7.44. The minimum absolute atomic E-state index is 0.0578. The van der Waals surface area contributed by atoms with Crippen LogP contribution >= 0.6 is 0 Å². The molecule has 0 aromatic carbocycles. The van der Waals surface area contributed by atoms with E-state index < -0.39 is 9.84 Å². The van der Waals surface area contributed by atoms with Gasteiger partial charge in [-0.05, 0) is 31.9 Å². The lowest BCUT2D eigenvalue weighted by molar-refractivity contribution is 0.599. The van der Waals surface area contributed by atoms with Crippen LogP contribution in [-0.2, 0) is 16.4 Å². The molecule has 0 saturated carbocycles. The van der Waals surface area contributed by atoms with E-state index in [0.717, 1.165) is 17.8 Å². The summed E-state index contributed by atoms with van der Waals surface area (Å²) in [6.07, 6.45) is 2.39. The minimum atomic E-state index is -2.89. The van der Waals surface area contributed by atoms with E-state index in [0.29, 0.717) is 18.9 Å². The molecule has 0 spiro atoms. The first-order valence-corrected chi connectivity index (χ1v) is 8.98. The van der Waals surface area contributed by atoms with Crippen molar-refractivity contribution in [3.63, 3.8) is 0 Å². The lowest BCUT2D eigenvalue weighted by atomic mass is 10.2. The van der Waals surface area contributed by atoms with Crippen LogP contribution in [0.15, 0.2) is 23.3 Å². The lowest BCUT2D eigenvalue weighted by Crippen LogP contribution is -2.44. The molecule has 1 aliphatic rings. The van der Waals surface area contributed by atoms with Gasteiger partial charge in [0.2, 0.25) is 0 Å². The van der Waals surface area contributed by atoms with Crippen molar-refractivity contribution in [1.29, 1.82) is 0 Å². The van der Waals surface area contributed by atoms with Crippen LogP contribution in [0.3, 0.4) is 0 Å². The van der Waals surface area contributed by atoms with Crippen molar-refractivity contribution in [2.75, 3.05) is 18.1 Å². The van der Waals surface area contributed by atoms with Gasteiger partial charge in [-0.25, -0.2) is 13.4 Å². The zero-order valence-electron chi connectivity index (χ0n) is 12.5. The second-order valence-electron chi connectivity index (χ2n) is 5.21. The average Bonchev–Trinajstić information content (AvgIpc) is 2.77.